The van der Waals surface area contributed by atoms with E-state index in [0.29, 0.717) is 40.8 Å². The van der Waals surface area contributed by atoms with Crippen LogP contribution in [-0.4, -0.2) is 59.0 Å². The van der Waals surface area contributed by atoms with Crippen molar-refractivity contribution >= 4 is 29.2 Å². The summed E-state index contributed by atoms with van der Waals surface area (Å²) in [5, 5.41) is 10.5. The van der Waals surface area contributed by atoms with E-state index in [9.17, 15) is 14.3 Å². The van der Waals surface area contributed by atoms with Crippen molar-refractivity contribution in [2.45, 2.75) is 56.3 Å². The molecule has 6 nitrogen and oxygen atoms in total. The Morgan fingerprint density at radius 2 is 1.97 bits per heavy atom. The zero-order valence-corrected chi connectivity index (χ0v) is 18.1. The second-order valence-corrected chi connectivity index (χ2v) is 10.1. The fraction of sp³-hybridized carbons (Fsp3) is 0.682. The van der Waals surface area contributed by atoms with Gasteiger partial charge in [-0.05, 0) is 51.4 Å². The summed E-state index contributed by atoms with van der Waals surface area (Å²) in [5.41, 5.74) is -0.195. The summed E-state index contributed by atoms with van der Waals surface area (Å²) < 4.78 is 25.8. The first-order valence-corrected chi connectivity index (χ1v) is 11.8. The molecule has 1 amide bonds. The molecule has 1 N–H and O–H groups in total. The number of carbonyl (C=O) groups excluding carboxylic acids is 1. The number of aliphatic imine (C=N–C) groups is 2. The number of nitrogens with zero attached hydrogens (tertiary/aromatic N) is 2. The normalized spacial score (nSPS) is 32.6. The van der Waals surface area contributed by atoms with Gasteiger partial charge in [0.2, 0.25) is 0 Å². The van der Waals surface area contributed by atoms with Crippen LogP contribution in [0.5, 0.6) is 0 Å². The number of carbonyl (C=O) groups is 1. The number of allylic oxidation sites excluding steroid dienone is 2. The third-order valence-electron chi connectivity index (χ3n) is 6.17. The molecule has 164 valence electrons. The first-order valence-electron chi connectivity index (χ1n) is 10.7. The standard InChI is InChI=1S/C22H29FN2O4S/c1-22(27)6-2-16(3-7-22)30-13-19-24-18-11-15(10-17(23)20(18)21(26)25-19)29-12-14-4-8-28-9-5-14/h10-11,14,16,20,27H,2-9,12-13H2,1H3. The van der Waals surface area contributed by atoms with Gasteiger partial charge in [0.25, 0.3) is 5.91 Å². The summed E-state index contributed by atoms with van der Waals surface area (Å²) in [6.45, 7) is 3.85. The van der Waals surface area contributed by atoms with Crippen molar-refractivity contribution in [1.29, 1.82) is 0 Å². The predicted octanol–water partition coefficient (Wildman–Crippen LogP) is 3.60. The van der Waals surface area contributed by atoms with Crippen LogP contribution in [-0.2, 0) is 14.3 Å². The van der Waals surface area contributed by atoms with E-state index in [1.165, 1.54) is 6.08 Å². The van der Waals surface area contributed by atoms with E-state index < -0.39 is 23.3 Å². The molecule has 0 aromatic heterocycles. The number of aliphatic hydroxyl groups is 1. The van der Waals surface area contributed by atoms with Crippen LogP contribution in [0.25, 0.3) is 0 Å². The van der Waals surface area contributed by atoms with E-state index in [0.717, 1.165) is 51.7 Å². The van der Waals surface area contributed by atoms with Crippen LogP contribution in [0.2, 0.25) is 0 Å². The highest BCUT2D eigenvalue weighted by atomic mass is 32.2. The van der Waals surface area contributed by atoms with Crippen molar-refractivity contribution in [3.8, 4) is 0 Å². The molecule has 30 heavy (non-hydrogen) atoms. The highest BCUT2D eigenvalue weighted by Crippen LogP contribution is 2.35. The van der Waals surface area contributed by atoms with Crippen molar-refractivity contribution in [3.05, 3.63) is 23.7 Å². The number of amides is 1. The summed E-state index contributed by atoms with van der Waals surface area (Å²) in [6, 6.07) is 0. The van der Waals surface area contributed by atoms with Crippen LogP contribution < -0.4 is 0 Å². The summed E-state index contributed by atoms with van der Waals surface area (Å²) >= 11 is 1.70. The monoisotopic (exact) mass is 436 g/mol. The topological polar surface area (TPSA) is 80.5 Å². The number of fused-ring (bicyclic) bond motifs is 1. The van der Waals surface area contributed by atoms with Crippen LogP contribution in [0, 0.1) is 11.8 Å². The van der Waals surface area contributed by atoms with Gasteiger partial charge in [-0.3, -0.25) is 4.79 Å². The minimum atomic E-state index is -1.04. The zero-order chi connectivity index (χ0) is 21.1. The molecule has 0 aromatic rings. The van der Waals surface area contributed by atoms with E-state index in [1.54, 1.807) is 17.8 Å². The summed E-state index contributed by atoms with van der Waals surface area (Å²) in [7, 11) is 0. The molecule has 0 radical (unpaired) electrons. The van der Waals surface area contributed by atoms with Gasteiger partial charge in [0.1, 0.15) is 23.3 Å². The average Bonchev–Trinajstić information content (AvgIpc) is 2.72. The van der Waals surface area contributed by atoms with Gasteiger partial charge in [0.05, 0.1) is 23.7 Å². The van der Waals surface area contributed by atoms with Gasteiger partial charge < -0.3 is 14.6 Å². The number of ether oxygens (including phenoxy) is 2. The smallest absolute Gasteiger partial charge is 0.263 e. The van der Waals surface area contributed by atoms with E-state index in [4.69, 9.17) is 9.47 Å². The molecular weight excluding hydrogens is 407 g/mol. The van der Waals surface area contributed by atoms with E-state index >= 15 is 0 Å². The second-order valence-electron chi connectivity index (χ2n) is 8.79. The lowest BCUT2D eigenvalue weighted by Gasteiger charge is -2.32. The lowest BCUT2D eigenvalue weighted by atomic mass is 9.86. The number of rotatable bonds is 6. The molecule has 0 bridgehead atoms. The number of amidine groups is 1. The third-order valence-corrected chi connectivity index (χ3v) is 7.54. The fourth-order valence-electron chi connectivity index (χ4n) is 4.19. The Morgan fingerprint density at radius 3 is 2.70 bits per heavy atom. The molecule has 2 aliphatic heterocycles. The van der Waals surface area contributed by atoms with Gasteiger partial charge in [-0.25, -0.2) is 9.38 Å². The van der Waals surface area contributed by atoms with Gasteiger partial charge in [-0.15, -0.1) is 0 Å². The Hall–Kier alpha value is -1.51. The molecule has 1 saturated heterocycles. The zero-order valence-electron chi connectivity index (χ0n) is 17.3. The molecule has 4 aliphatic rings. The van der Waals surface area contributed by atoms with Crippen LogP contribution in [0.1, 0.15) is 45.4 Å². The number of thioether (sulfide) groups is 1. The number of hydrogen-bond donors (Lipinski definition) is 1. The van der Waals surface area contributed by atoms with Gasteiger partial charge in [-0.1, -0.05) is 0 Å². The van der Waals surface area contributed by atoms with Crippen LogP contribution in [0.15, 0.2) is 33.7 Å². The molecular formula is C22H29FN2O4S. The summed E-state index contributed by atoms with van der Waals surface area (Å²) in [4.78, 5) is 20.9. The third kappa shape index (κ3) is 5.39. The minimum Gasteiger partial charge on any atom is -0.493 e. The predicted molar refractivity (Wildman–Crippen MR) is 115 cm³/mol. The number of hydrogen-bond acceptors (Lipinski definition) is 6. The highest BCUT2D eigenvalue weighted by molar-refractivity contribution is 8.00. The molecule has 0 spiro atoms. The van der Waals surface area contributed by atoms with Crippen LogP contribution in [0.3, 0.4) is 0 Å². The lowest BCUT2D eigenvalue weighted by molar-refractivity contribution is -0.119. The van der Waals surface area contributed by atoms with Crippen molar-refractivity contribution in [2.75, 3.05) is 25.6 Å². The van der Waals surface area contributed by atoms with Crippen molar-refractivity contribution in [2.24, 2.45) is 21.8 Å². The lowest BCUT2D eigenvalue weighted by Crippen LogP contribution is -2.33. The number of halogens is 1. The largest absolute Gasteiger partial charge is 0.493 e. The van der Waals surface area contributed by atoms with E-state index in [1.807, 2.05) is 6.92 Å². The molecule has 8 heteroatoms. The van der Waals surface area contributed by atoms with Crippen molar-refractivity contribution < 1.29 is 23.8 Å². The molecule has 2 fully saturated rings. The van der Waals surface area contributed by atoms with E-state index in [-0.39, 0.29) is 0 Å². The Labute approximate surface area is 180 Å². The van der Waals surface area contributed by atoms with E-state index in [2.05, 4.69) is 9.98 Å². The second kappa shape index (κ2) is 9.32. The average molecular weight is 437 g/mol. The molecule has 0 aromatic carbocycles. The van der Waals surface area contributed by atoms with Crippen LogP contribution in [0.4, 0.5) is 4.39 Å². The molecule has 1 saturated carbocycles. The SMILES string of the molecule is CC1(O)CCC(SCC2=NC(=O)C3C(F)=CC(OCC4CCOCC4)=CC3=N2)CC1. The Bertz CT molecular complexity index is 789. The molecule has 4 rings (SSSR count). The molecule has 1 unspecified atom stereocenters. The Kier molecular flexibility index (Phi) is 6.75. The summed E-state index contributed by atoms with van der Waals surface area (Å²) in [6.07, 6.45) is 8.24. The Morgan fingerprint density at radius 1 is 1.23 bits per heavy atom. The van der Waals surface area contributed by atoms with Crippen molar-refractivity contribution in [1.82, 2.24) is 0 Å². The molecule has 2 aliphatic carbocycles. The first-order chi connectivity index (χ1) is 14.4. The Balaban J connectivity index is 1.37. The quantitative estimate of drug-likeness (QED) is 0.688. The fourth-order valence-corrected chi connectivity index (χ4v) is 5.27. The maximum absolute atomic E-state index is 14.6. The van der Waals surface area contributed by atoms with Gasteiger partial charge >= 0.3 is 0 Å². The van der Waals surface area contributed by atoms with Gasteiger partial charge in [-0.2, -0.15) is 16.8 Å². The highest BCUT2D eigenvalue weighted by Gasteiger charge is 2.35. The maximum atomic E-state index is 14.6. The first kappa shape index (κ1) is 21.7. The molecule has 2 heterocycles. The van der Waals surface area contributed by atoms with Crippen molar-refractivity contribution in [3.63, 3.8) is 0 Å². The molecule has 1 atom stereocenters. The maximum Gasteiger partial charge on any atom is 0.263 e. The minimum absolute atomic E-state index is 0.374. The summed E-state index contributed by atoms with van der Waals surface area (Å²) in [5.74, 6) is -0.364. The van der Waals surface area contributed by atoms with Gasteiger partial charge in [0.15, 0.2) is 0 Å². The van der Waals surface area contributed by atoms with Gasteiger partial charge in [0, 0.05) is 30.6 Å². The van der Waals surface area contributed by atoms with Crippen LogP contribution >= 0.6 is 11.8 Å².